The summed E-state index contributed by atoms with van der Waals surface area (Å²) in [6.07, 6.45) is 2.14. The smallest absolute Gasteiger partial charge is 0.405 e. The molecule has 3 heterocycles. The number of nitrogens with one attached hydrogen (secondary N) is 3. The van der Waals surface area contributed by atoms with Crippen molar-refractivity contribution in [2.24, 2.45) is 0 Å². The van der Waals surface area contributed by atoms with E-state index in [0.717, 1.165) is 24.8 Å². The van der Waals surface area contributed by atoms with E-state index in [2.05, 4.69) is 20.9 Å². The number of carbonyl (C=O) groups excluding carboxylic acids is 1. The van der Waals surface area contributed by atoms with Crippen molar-refractivity contribution >= 4 is 39.3 Å². The van der Waals surface area contributed by atoms with Crippen LogP contribution in [0, 0.1) is 17.5 Å². The Morgan fingerprint density at radius 1 is 1.11 bits per heavy atom. The van der Waals surface area contributed by atoms with E-state index in [-0.39, 0.29) is 52.0 Å². The van der Waals surface area contributed by atoms with Gasteiger partial charge in [0.15, 0.2) is 0 Å². The van der Waals surface area contributed by atoms with Crippen molar-refractivity contribution in [1.29, 1.82) is 0 Å². The Hall–Kier alpha value is -3.72. The molecule has 2 bridgehead atoms. The van der Waals surface area contributed by atoms with Gasteiger partial charge in [-0.05, 0) is 67.1 Å². The molecule has 240 valence electrons. The van der Waals surface area contributed by atoms with Crippen LogP contribution in [0.15, 0.2) is 54.9 Å². The number of amides is 2. The summed E-state index contributed by atoms with van der Waals surface area (Å²) in [5, 5.41) is 17.5. The summed E-state index contributed by atoms with van der Waals surface area (Å²) in [6, 6.07) is 6.61. The van der Waals surface area contributed by atoms with Gasteiger partial charge in [-0.3, -0.25) is 9.78 Å². The Labute approximate surface area is 263 Å². The van der Waals surface area contributed by atoms with E-state index in [1.54, 1.807) is 0 Å². The number of rotatable bonds is 9. The number of sulfonamides is 1. The molecule has 2 aliphatic heterocycles. The maximum atomic E-state index is 15.2. The van der Waals surface area contributed by atoms with Crippen LogP contribution in [0.5, 0.6) is 0 Å². The Morgan fingerprint density at radius 2 is 1.91 bits per heavy atom. The second-order valence-electron chi connectivity index (χ2n) is 11.1. The Morgan fingerprint density at radius 3 is 2.64 bits per heavy atom. The van der Waals surface area contributed by atoms with Gasteiger partial charge in [0.1, 0.15) is 23.5 Å². The molecule has 10 nitrogen and oxygen atoms in total. The van der Waals surface area contributed by atoms with Gasteiger partial charge >= 0.3 is 6.09 Å². The standard InChI is InChI=1S/C30H31ClF3N5O5S/c31-23-9-6-17(12-25(23)34)27(18-11-19(32)14-35-13-18)28(38-30(41)42)29(40)37-26-5-1-4-24(33)22(26)8-7-21-15-36-20-3-2-10-45(43,44)39(21)16-20/h1,4-6,9,11-14,20-21,27-28,36,38H,2-3,7-8,10,15-16H2,(H,37,40)(H,41,42)/t20?,21?,27-,28-/m0/s1. The number of halogens is 4. The fourth-order valence-electron chi connectivity index (χ4n) is 6.01. The molecule has 0 saturated carbocycles. The van der Waals surface area contributed by atoms with Crippen LogP contribution in [0.3, 0.4) is 0 Å². The highest BCUT2D eigenvalue weighted by Gasteiger charge is 2.38. The zero-order valence-corrected chi connectivity index (χ0v) is 25.4. The molecule has 45 heavy (non-hydrogen) atoms. The third-order valence-corrected chi connectivity index (χ3v) is 10.4. The number of carboxylic acid groups (broad SMARTS) is 1. The van der Waals surface area contributed by atoms with Crippen LogP contribution in [0.1, 0.15) is 41.9 Å². The molecule has 3 unspecified atom stereocenters. The second-order valence-corrected chi connectivity index (χ2v) is 13.5. The molecule has 0 radical (unpaired) electrons. The number of anilines is 1. The zero-order valence-electron chi connectivity index (χ0n) is 23.9. The molecule has 5 atom stereocenters. The van der Waals surface area contributed by atoms with Crippen molar-refractivity contribution in [3.05, 3.63) is 94.0 Å². The third-order valence-electron chi connectivity index (χ3n) is 8.15. The quantitative estimate of drug-likeness (QED) is 0.268. The summed E-state index contributed by atoms with van der Waals surface area (Å²) in [4.78, 5) is 29.5. The summed E-state index contributed by atoms with van der Waals surface area (Å²) in [5.74, 6) is -4.44. The maximum absolute atomic E-state index is 15.2. The molecular formula is C30H31ClF3N5O5S. The Kier molecular flexibility index (Phi) is 9.97. The lowest BCUT2D eigenvalue weighted by atomic mass is 9.85. The number of hydrogen-bond acceptors (Lipinski definition) is 6. The van der Waals surface area contributed by atoms with Crippen molar-refractivity contribution < 1.29 is 36.3 Å². The molecule has 3 aromatic rings. The minimum atomic E-state index is -3.48. The molecule has 0 aliphatic carbocycles. The molecule has 2 saturated heterocycles. The molecule has 5 rings (SSSR count). The minimum absolute atomic E-state index is 0.0379. The van der Waals surface area contributed by atoms with E-state index in [9.17, 15) is 31.9 Å². The summed E-state index contributed by atoms with van der Waals surface area (Å²) in [6.45, 7) is 0.726. The molecule has 2 fully saturated rings. The lowest BCUT2D eigenvalue weighted by molar-refractivity contribution is -0.118. The molecule has 1 aromatic heterocycles. The topological polar surface area (TPSA) is 141 Å². The van der Waals surface area contributed by atoms with Crippen LogP contribution < -0.4 is 16.0 Å². The van der Waals surface area contributed by atoms with Gasteiger partial charge in [0.2, 0.25) is 15.9 Å². The Balaban J connectivity index is 1.44. The molecule has 0 spiro atoms. The summed E-state index contributed by atoms with van der Waals surface area (Å²) >= 11 is 5.85. The third kappa shape index (κ3) is 7.57. The normalized spacial score (nSPS) is 22.1. The molecule has 2 amide bonds. The van der Waals surface area contributed by atoms with Crippen molar-refractivity contribution in [2.45, 2.75) is 49.7 Å². The Bertz CT molecular complexity index is 1700. The van der Waals surface area contributed by atoms with Crippen LogP contribution in [-0.2, 0) is 21.2 Å². The lowest BCUT2D eigenvalue weighted by Crippen LogP contribution is -2.57. The fraction of sp³-hybridized carbons (Fsp3) is 0.367. The van der Waals surface area contributed by atoms with Gasteiger partial charge in [-0.15, -0.1) is 0 Å². The van der Waals surface area contributed by atoms with Crippen LogP contribution in [-0.4, -0.2) is 71.8 Å². The van der Waals surface area contributed by atoms with E-state index >= 15 is 4.39 Å². The summed E-state index contributed by atoms with van der Waals surface area (Å²) in [7, 11) is -3.48. The highest BCUT2D eigenvalue weighted by atomic mass is 35.5. The van der Waals surface area contributed by atoms with Gasteiger partial charge in [-0.25, -0.2) is 26.4 Å². The van der Waals surface area contributed by atoms with Crippen LogP contribution in [0.2, 0.25) is 5.02 Å². The zero-order chi connectivity index (χ0) is 32.3. The van der Waals surface area contributed by atoms with Gasteiger partial charge < -0.3 is 21.1 Å². The minimum Gasteiger partial charge on any atom is -0.465 e. The fourth-order valence-corrected chi connectivity index (χ4v) is 7.94. The average Bonchev–Trinajstić information content (AvgIpc) is 3.10. The first-order valence-corrected chi connectivity index (χ1v) is 16.3. The van der Waals surface area contributed by atoms with Crippen LogP contribution >= 0.6 is 11.6 Å². The van der Waals surface area contributed by atoms with E-state index < -0.39 is 57.5 Å². The first kappa shape index (κ1) is 32.7. The van der Waals surface area contributed by atoms with Gasteiger partial charge in [-0.1, -0.05) is 23.7 Å². The monoisotopic (exact) mass is 665 g/mol. The number of carbonyl (C=O) groups is 2. The van der Waals surface area contributed by atoms with E-state index in [0.29, 0.717) is 19.5 Å². The summed E-state index contributed by atoms with van der Waals surface area (Å²) < 4.78 is 71.3. The second kappa shape index (κ2) is 13.7. The number of aromatic nitrogens is 1. The maximum Gasteiger partial charge on any atom is 0.405 e. The van der Waals surface area contributed by atoms with Gasteiger partial charge in [0, 0.05) is 48.5 Å². The first-order valence-electron chi connectivity index (χ1n) is 14.3. The van der Waals surface area contributed by atoms with Crippen molar-refractivity contribution in [2.75, 3.05) is 24.2 Å². The SMILES string of the molecule is O=C(O)N[C@H](C(=O)Nc1cccc(F)c1CCC1CNC2CCCS(=O)(=O)N1C2)[C@H](c1cncc(F)c1)c1ccc(Cl)c(F)c1. The van der Waals surface area contributed by atoms with E-state index in [1.165, 1.54) is 40.8 Å². The molecule has 15 heteroatoms. The number of nitrogens with zero attached hydrogens (tertiary/aromatic N) is 2. The van der Waals surface area contributed by atoms with Crippen molar-refractivity contribution in [3.63, 3.8) is 0 Å². The largest absolute Gasteiger partial charge is 0.465 e. The number of benzene rings is 2. The number of fused-ring (bicyclic) bond motifs is 2. The molecule has 2 aromatic carbocycles. The van der Waals surface area contributed by atoms with Gasteiger partial charge in [0.05, 0.1) is 17.0 Å². The molecule has 4 N–H and O–H groups in total. The highest BCUT2D eigenvalue weighted by molar-refractivity contribution is 7.89. The first-order chi connectivity index (χ1) is 21.4. The highest BCUT2D eigenvalue weighted by Crippen LogP contribution is 2.32. The van der Waals surface area contributed by atoms with E-state index in [4.69, 9.17) is 11.6 Å². The van der Waals surface area contributed by atoms with Crippen LogP contribution in [0.4, 0.5) is 23.7 Å². The number of pyridine rings is 1. The number of piperazine rings is 1. The van der Waals surface area contributed by atoms with Crippen molar-refractivity contribution in [1.82, 2.24) is 19.9 Å². The van der Waals surface area contributed by atoms with E-state index in [1.807, 2.05) is 0 Å². The van der Waals surface area contributed by atoms with Gasteiger partial charge in [-0.2, -0.15) is 4.31 Å². The average molecular weight is 666 g/mol. The van der Waals surface area contributed by atoms with Crippen LogP contribution in [0.25, 0.3) is 0 Å². The predicted molar refractivity (Wildman–Crippen MR) is 161 cm³/mol. The molecular weight excluding hydrogens is 635 g/mol. The number of hydrogen-bond donors (Lipinski definition) is 4. The summed E-state index contributed by atoms with van der Waals surface area (Å²) in [5.41, 5.74) is 0.290. The van der Waals surface area contributed by atoms with Gasteiger partial charge in [0.25, 0.3) is 0 Å². The predicted octanol–water partition coefficient (Wildman–Crippen LogP) is 4.26. The lowest BCUT2D eigenvalue weighted by Gasteiger charge is -2.37. The van der Waals surface area contributed by atoms with Crippen molar-refractivity contribution in [3.8, 4) is 0 Å². The molecule has 2 aliphatic rings.